The molecule has 0 unspecified atom stereocenters. The fourth-order valence-corrected chi connectivity index (χ4v) is 2.91. The number of thiazole rings is 1. The molecular weight excluding hydrogens is 304 g/mol. The van der Waals surface area contributed by atoms with Gasteiger partial charge >= 0.3 is 6.18 Å². The van der Waals surface area contributed by atoms with Crippen molar-refractivity contribution in [3.8, 4) is 10.6 Å². The molecule has 0 bridgehead atoms. The Morgan fingerprint density at radius 1 is 1.29 bits per heavy atom. The quantitative estimate of drug-likeness (QED) is 0.846. The number of halogens is 4. The lowest BCUT2D eigenvalue weighted by Crippen LogP contribution is -2.11. The van der Waals surface area contributed by atoms with Crippen LogP contribution in [-0.4, -0.2) is 11.5 Å². The summed E-state index contributed by atoms with van der Waals surface area (Å²) in [6, 6.07) is 3.25. The molecule has 7 heteroatoms. The monoisotopic (exact) mass is 318 g/mol. The van der Waals surface area contributed by atoms with Crippen molar-refractivity contribution in [3.63, 3.8) is 0 Å². The second-order valence-corrected chi connectivity index (χ2v) is 5.56. The van der Waals surface area contributed by atoms with Crippen molar-refractivity contribution >= 4 is 11.3 Å². The Morgan fingerprint density at radius 3 is 2.62 bits per heavy atom. The number of nitrogens with zero attached hydrogens (tertiary/aromatic N) is 1. The summed E-state index contributed by atoms with van der Waals surface area (Å²) in [6.45, 7) is 5.05. The smallest absolute Gasteiger partial charge is 0.312 e. The van der Waals surface area contributed by atoms with Gasteiger partial charge in [0.15, 0.2) is 0 Å². The Labute approximate surface area is 123 Å². The summed E-state index contributed by atoms with van der Waals surface area (Å²) in [5, 5.41) is 3.38. The topological polar surface area (TPSA) is 24.9 Å². The first-order valence-electron chi connectivity index (χ1n) is 6.37. The first kappa shape index (κ1) is 15.9. The van der Waals surface area contributed by atoms with E-state index in [-0.39, 0.29) is 10.6 Å². The van der Waals surface area contributed by atoms with Gasteiger partial charge in [0.2, 0.25) is 0 Å². The van der Waals surface area contributed by atoms with Crippen molar-refractivity contribution < 1.29 is 17.6 Å². The molecule has 0 amide bonds. The first-order chi connectivity index (χ1) is 9.84. The van der Waals surface area contributed by atoms with E-state index in [1.54, 1.807) is 6.92 Å². The van der Waals surface area contributed by atoms with E-state index >= 15 is 0 Å². The van der Waals surface area contributed by atoms with E-state index in [4.69, 9.17) is 0 Å². The molecule has 2 rings (SSSR count). The number of alkyl halides is 3. The molecule has 0 spiro atoms. The molecule has 21 heavy (non-hydrogen) atoms. The Hall–Kier alpha value is -1.47. The van der Waals surface area contributed by atoms with Crippen LogP contribution in [0.2, 0.25) is 0 Å². The van der Waals surface area contributed by atoms with Gasteiger partial charge in [-0.3, -0.25) is 0 Å². The van der Waals surface area contributed by atoms with Gasteiger partial charge in [0.05, 0.1) is 11.3 Å². The van der Waals surface area contributed by atoms with E-state index in [0.717, 1.165) is 17.5 Å². The van der Waals surface area contributed by atoms with Gasteiger partial charge in [0.25, 0.3) is 0 Å². The largest absolute Gasteiger partial charge is 0.419 e. The summed E-state index contributed by atoms with van der Waals surface area (Å²) in [5.41, 5.74) is -0.672. The summed E-state index contributed by atoms with van der Waals surface area (Å²) in [7, 11) is 0. The molecule has 1 aromatic carbocycles. The average molecular weight is 318 g/mol. The highest BCUT2D eigenvalue weighted by Gasteiger charge is 2.35. The van der Waals surface area contributed by atoms with Crippen molar-refractivity contribution in [3.05, 3.63) is 40.2 Å². The number of aryl methyl sites for hydroxylation is 1. The SMILES string of the molecule is CCNCc1sc(-c2cccc(C(F)(F)F)c2F)nc1C. The standard InChI is InChI=1S/C14H14F4N2S/c1-3-19-7-11-8(2)20-13(21-11)9-5-4-6-10(12(9)15)14(16,17)18/h4-6,19H,3,7H2,1-2H3. The maximum Gasteiger partial charge on any atom is 0.419 e. The molecule has 2 aromatic rings. The molecule has 1 heterocycles. The van der Waals surface area contributed by atoms with Gasteiger partial charge in [-0.05, 0) is 25.6 Å². The lowest BCUT2D eigenvalue weighted by molar-refractivity contribution is -0.139. The van der Waals surface area contributed by atoms with Crippen LogP contribution in [0.4, 0.5) is 17.6 Å². The van der Waals surface area contributed by atoms with Gasteiger partial charge in [-0.2, -0.15) is 13.2 Å². The van der Waals surface area contributed by atoms with Crippen LogP contribution in [-0.2, 0) is 12.7 Å². The summed E-state index contributed by atoms with van der Waals surface area (Å²) in [4.78, 5) is 5.08. The van der Waals surface area contributed by atoms with Crippen molar-refractivity contribution in [2.75, 3.05) is 6.54 Å². The third kappa shape index (κ3) is 3.41. The van der Waals surface area contributed by atoms with E-state index in [2.05, 4.69) is 10.3 Å². The molecule has 1 aromatic heterocycles. The van der Waals surface area contributed by atoms with Crippen LogP contribution in [0.3, 0.4) is 0 Å². The second-order valence-electron chi connectivity index (χ2n) is 4.47. The fourth-order valence-electron chi connectivity index (χ4n) is 1.86. The van der Waals surface area contributed by atoms with Gasteiger partial charge in [-0.25, -0.2) is 9.37 Å². The molecule has 0 fully saturated rings. The van der Waals surface area contributed by atoms with Gasteiger partial charge in [-0.1, -0.05) is 13.0 Å². The Balaban J connectivity index is 2.43. The molecule has 0 aliphatic carbocycles. The fraction of sp³-hybridized carbons (Fsp3) is 0.357. The predicted octanol–water partition coefficient (Wildman–Crippen LogP) is 4.39. The number of rotatable bonds is 4. The summed E-state index contributed by atoms with van der Waals surface area (Å²) in [6.07, 6.45) is -4.71. The summed E-state index contributed by atoms with van der Waals surface area (Å²) < 4.78 is 52.3. The maximum atomic E-state index is 14.1. The normalized spacial score (nSPS) is 11.9. The van der Waals surface area contributed by atoms with Gasteiger partial charge in [0, 0.05) is 17.0 Å². The Bertz CT molecular complexity index is 634. The number of hydrogen-bond acceptors (Lipinski definition) is 3. The van der Waals surface area contributed by atoms with E-state index < -0.39 is 17.6 Å². The zero-order valence-corrected chi connectivity index (χ0v) is 12.3. The highest BCUT2D eigenvalue weighted by atomic mass is 32.1. The van der Waals surface area contributed by atoms with Crippen LogP contribution < -0.4 is 5.32 Å². The van der Waals surface area contributed by atoms with Crippen molar-refractivity contribution in [2.24, 2.45) is 0 Å². The van der Waals surface area contributed by atoms with Gasteiger partial charge in [0.1, 0.15) is 10.8 Å². The minimum Gasteiger partial charge on any atom is -0.312 e. The van der Waals surface area contributed by atoms with Gasteiger partial charge in [-0.15, -0.1) is 11.3 Å². The van der Waals surface area contributed by atoms with Crippen molar-refractivity contribution in [2.45, 2.75) is 26.6 Å². The van der Waals surface area contributed by atoms with Gasteiger partial charge < -0.3 is 5.32 Å². The molecule has 0 saturated carbocycles. The third-order valence-electron chi connectivity index (χ3n) is 2.96. The van der Waals surface area contributed by atoms with E-state index in [1.807, 2.05) is 6.92 Å². The minimum absolute atomic E-state index is 0.110. The number of benzene rings is 1. The molecule has 1 N–H and O–H groups in total. The van der Waals surface area contributed by atoms with E-state index in [0.29, 0.717) is 12.2 Å². The van der Waals surface area contributed by atoms with Crippen LogP contribution in [0.5, 0.6) is 0 Å². The van der Waals surface area contributed by atoms with Crippen LogP contribution in [0.25, 0.3) is 10.6 Å². The molecule has 0 radical (unpaired) electrons. The van der Waals surface area contributed by atoms with E-state index in [9.17, 15) is 17.6 Å². The minimum atomic E-state index is -4.71. The van der Waals surface area contributed by atoms with Crippen molar-refractivity contribution in [1.82, 2.24) is 10.3 Å². The molecule has 114 valence electrons. The first-order valence-corrected chi connectivity index (χ1v) is 7.19. The van der Waals surface area contributed by atoms with E-state index in [1.165, 1.54) is 23.5 Å². The average Bonchev–Trinajstić information content (AvgIpc) is 2.76. The number of aromatic nitrogens is 1. The van der Waals surface area contributed by atoms with Crippen LogP contribution in [0.1, 0.15) is 23.1 Å². The van der Waals surface area contributed by atoms with Crippen LogP contribution in [0, 0.1) is 12.7 Å². The highest BCUT2D eigenvalue weighted by molar-refractivity contribution is 7.15. The molecule has 0 atom stereocenters. The molecular formula is C14H14F4N2S. The summed E-state index contributed by atoms with van der Waals surface area (Å²) >= 11 is 1.21. The predicted molar refractivity (Wildman–Crippen MR) is 74.6 cm³/mol. The van der Waals surface area contributed by atoms with Crippen LogP contribution >= 0.6 is 11.3 Å². The lowest BCUT2D eigenvalue weighted by Gasteiger charge is -2.09. The molecule has 0 saturated heterocycles. The number of nitrogens with one attached hydrogen (secondary N) is 1. The number of hydrogen-bond donors (Lipinski definition) is 1. The third-order valence-corrected chi connectivity index (χ3v) is 4.15. The molecule has 0 aliphatic heterocycles. The lowest BCUT2D eigenvalue weighted by atomic mass is 10.1. The highest BCUT2D eigenvalue weighted by Crippen LogP contribution is 2.37. The second kappa shape index (κ2) is 6.11. The molecule has 0 aliphatic rings. The maximum absolute atomic E-state index is 14.1. The Kier molecular flexibility index (Phi) is 4.63. The zero-order chi connectivity index (χ0) is 15.6. The Morgan fingerprint density at radius 2 is 2.00 bits per heavy atom. The zero-order valence-electron chi connectivity index (χ0n) is 11.5. The summed E-state index contributed by atoms with van der Waals surface area (Å²) in [5.74, 6) is -1.27. The molecule has 2 nitrogen and oxygen atoms in total. The van der Waals surface area contributed by atoms with Crippen molar-refractivity contribution in [1.29, 1.82) is 0 Å². The van der Waals surface area contributed by atoms with Crippen LogP contribution in [0.15, 0.2) is 18.2 Å².